The number of primary amides is 1. The van der Waals surface area contributed by atoms with Crippen molar-refractivity contribution in [2.75, 3.05) is 13.6 Å². The van der Waals surface area contributed by atoms with E-state index in [1.54, 1.807) is 0 Å². The van der Waals surface area contributed by atoms with Crippen molar-refractivity contribution in [3.8, 4) is 0 Å². The Balaban J connectivity index is 4.02. The Hall–Kier alpha value is -0.900. The highest BCUT2D eigenvalue weighted by Gasteiger charge is 2.18. The zero-order valence-electron chi connectivity index (χ0n) is 8.32. The summed E-state index contributed by atoms with van der Waals surface area (Å²) in [4.78, 5) is 22.9. The van der Waals surface area contributed by atoms with Crippen LogP contribution in [0.3, 0.4) is 0 Å². The number of nitrogens with two attached hydrogens (primary N) is 1. The van der Waals surface area contributed by atoms with E-state index >= 15 is 0 Å². The predicted octanol–water partition coefficient (Wildman–Crippen LogP) is 0.161. The summed E-state index contributed by atoms with van der Waals surface area (Å²) in [5, 5.41) is 0. The normalized spacial score (nSPS) is 12.8. The number of nitrogens with zero attached hydrogens (tertiary/aromatic N) is 1. The zero-order valence-corrected chi connectivity index (χ0v) is 8.32. The number of rotatable bonds is 7. The highest BCUT2D eigenvalue weighted by atomic mass is 16.1. The van der Waals surface area contributed by atoms with Gasteiger partial charge in [-0.05, 0) is 13.5 Å². The van der Waals surface area contributed by atoms with Crippen LogP contribution >= 0.6 is 0 Å². The highest BCUT2D eigenvalue weighted by molar-refractivity contribution is 5.79. The topological polar surface area (TPSA) is 63.4 Å². The van der Waals surface area contributed by atoms with Gasteiger partial charge in [-0.2, -0.15) is 0 Å². The Morgan fingerprint density at radius 2 is 2.23 bits per heavy atom. The molecule has 0 heterocycles. The van der Waals surface area contributed by atoms with Gasteiger partial charge < -0.3 is 10.5 Å². The fourth-order valence-electron chi connectivity index (χ4n) is 1.27. The van der Waals surface area contributed by atoms with Crippen molar-refractivity contribution in [2.24, 2.45) is 5.73 Å². The van der Waals surface area contributed by atoms with Crippen molar-refractivity contribution in [1.29, 1.82) is 0 Å². The Bertz CT molecular complexity index is 171. The Kier molecular flexibility index (Phi) is 6.14. The molecule has 0 aliphatic heterocycles. The third-order valence-electron chi connectivity index (χ3n) is 2.02. The molecule has 0 saturated heterocycles. The van der Waals surface area contributed by atoms with Crippen molar-refractivity contribution in [2.45, 2.75) is 32.2 Å². The first-order valence-corrected chi connectivity index (χ1v) is 4.56. The fourth-order valence-corrected chi connectivity index (χ4v) is 1.27. The van der Waals surface area contributed by atoms with Crippen molar-refractivity contribution in [3.05, 3.63) is 0 Å². The van der Waals surface area contributed by atoms with E-state index in [0.29, 0.717) is 13.0 Å². The minimum Gasteiger partial charge on any atom is -0.368 e. The van der Waals surface area contributed by atoms with Gasteiger partial charge in [0.25, 0.3) is 0 Å². The summed E-state index contributed by atoms with van der Waals surface area (Å²) in [5.41, 5.74) is 5.23. The third-order valence-corrected chi connectivity index (χ3v) is 2.02. The SMILES string of the molecule is CCCC(C(N)=O)N(C)CCC=O. The number of carbonyl (C=O) groups is 2. The first kappa shape index (κ1) is 12.1. The van der Waals surface area contributed by atoms with Gasteiger partial charge in [0.2, 0.25) is 5.91 Å². The third kappa shape index (κ3) is 4.62. The molecule has 0 rings (SSSR count). The van der Waals surface area contributed by atoms with E-state index < -0.39 is 0 Å². The van der Waals surface area contributed by atoms with Gasteiger partial charge in [-0.3, -0.25) is 9.69 Å². The maximum absolute atomic E-state index is 11.0. The largest absolute Gasteiger partial charge is 0.368 e. The predicted molar refractivity (Wildman–Crippen MR) is 51.2 cm³/mol. The summed E-state index contributed by atoms with van der Waals surface area (Å²) in [7, 11) is 1.81. The van der Waals surface area contributed by atoms with E-state index in [9.17, 15) is 9.59 Å². The van der Waals surface area contributed by atoms with E-state index in [1.807, 2.05) is 18.9 Å². The van der Waals surface area contributed by atoms with Crippen molar-refractivity contribution >= 4 is 12.2 Å². The van der Waals surface area contributed by atoms with Gasteiger partial charge in [-0.15, -0.1) is 0 Å². The second-order valence-electron chi connectivity index (χ2n) is 3.14. The summed E-state index contributed by atoms with van der Waals surface area (Å²) in [6.07, 6.45) is 2.97. The molecule has 2 N–H and O–H groups in total. The molecule has 0 radical (unpaired) electrons. The summed E-state index contributed by atoms with van der Waals surface area (Å²) in [5.74, 6) is -0.310. The minimum absolute atomic E-state index is 0.232. The molecular weight excluding hydrogens is 168 g/mol. The summed E-state index contributed by atoms with van der Waals surface area (Å²) in [6, 6.07) is -0.232. The molecule has 76 valence electrons. The molecule has 4 nitrogen and oxygen atoms in total. The van der Waals surface area contributed by atoms with E-state index in [1.165, 1.54) is 0 Å². The van der Waals surface area contributed by atoms with Crippen LogP contribution in [0.25, 0.3) is 0 Å². The van der Waals surface area contributed by atoms with Crippen LogP contribution in [0.1, 0.15) is 26.2 Å². The summed E-state index contributed by atoms with van der Waals surface area (Å²) >= 11 is 0. The number of amides is 1. The van der Waals surface area contributed by atoms with Crippen LogP contribution in [0.5, 0.6) is 0 Å². The maximum Gasteiger partial charge on any atom is 0.234 e. The Morgan fingerprint density at radius 3 is 2.62 bits per heavy atom. The second kappa shape index (κ2) is 6.60. The van der Waals surface area contributed by atoms with Crippen LogP contribution in [0, 0.1) is 0 Å². The number of hydrogen-bond donors (Lipinski definition) is 1. The van der Waals surface area contributed by atoms with E-state index in [0.717, 1.165) is 19.1 Å². The lowest BCUT2D eigenvalue weighted by atomic mass is 10.1. The fraction of sp³-hybridized carbons (Fsp3) is 0.778. The molecule has 1 amide bonds. The molecule has 1 atom stereocenters. The smallest absolute Gasteiger partial charge is 0.234 e. The molecule has 0 spiro atoms. The van der Waals surface area contributed by atoms with Crippen LogP contribution in [0.4, 0.5) is 0 Å². The quantitative estimate of drug-likeness (QED) is 0.576. The van der Waals surface area contributed by atoms with Crippen LogP contribution < -0.4 is 5.73 Å². The van der Waals surface area contributed by atoms with Crippen molar-refractivity contribution in [1.82, 2.24) is 4.90 Å². The van der Waals surface area contributed by atoms with Gasteiger partial charge in [0.05, 0.1) is 6.04 Å². The molecule has 4 heteroatoms. The van der Waals surface area contributed by atoms with E-state index in [-0.39, 0.29) is 11.9 Å². The summed E-state index contributed by atoms with van der Waals surface area (Å²) < 4.78 is 0. The molecule has 0 aliphatic carbocycles. The first-order chi connectivity index (χ1) is 6.13. The average molecular weight is 186 g/mol. The minimum atomic E-state index is -0.310. The van der Waals surface area contributed by atoms with Crippen LogP contribution in [0.2, 0.25) is 0 Å². The molecule has 0 aliphatic rings. The highest BCUT2D eigenvalue weighted by Crippen LogP contribution is 2.04. The lowest BCUT2D eigenvalue weighted by Gasteiger charge is -2.24. The molecule has 0 bridgehead atoms. The van der Waals surface area contributed by atoms with Gasteiger partial charge >= 0.3 is 0 Å². The number of likely N-dealkylation sites (N-methyl/N-ethyl adjacent to an activating group) is 1. The van der Waals surface area contributed by atoms with Gasteiger partial charge in [-0.25, -0.2) is 0 Å². The molecule has 0 aromatic heterocycles. The monoisotopic (exact) mass is 186 g/mol. The van der Waals surface area contributed by atoms with Crippen molar-refractivity contribution in [3.63, 3.8) is 0 Å². The number of hydrogen-bond acceptors (Lipinski definition) is 3. The second-order valence-corrected chi connectivity index (χ2v) is 3.14. The maximum atomic E-state index is 11.0. The molecule has 0 aromatic carbocycles. The molecule has 13 heavy (non-hydrogen) atoms. The lowest BCUT2D eigenvalue weighted by Crippen LogP contribution is -2.42. The molecule has 1 unspecified atom stereocenters. The van der Waals surface area contributed by atoms with E-state index in [4.69, 9.17) is 5.73 Å². The van der Waals surface area contributed by atoms with Crippen LogP contribution in [-0.4, -0.2) is 36.7 Å². The van der Waals surface area contributed by atoms with Crippen LogP contribution in [-0.2, 0) is 9.59 Å². The van der Waals surface area contributed by atoms with E-state index in [2.05, 4.69) is 0 Å². The Morgan fingerprint density at radius 1 is 1.62 bits per heavy atom. The van der Waals surface area contributed by atoms with Crippen LogP contribution in [0.15, 0.2) is 0 Å². The Labute approximate surface area is 79.1 Å². The van der Waals surface area contributed by atoms with Gasteiger partial charge in [0, 0.05) is 13.0 Å². The van der Waals surface area contributed by atoms with Gasteiger partial charge in [0.15, 0.2) is 0 Å². The number of aldehydes is 1. The standard InChI is InChI=1S/C9H18N2O2/c1-3-5-8(9(10)13)11(2)6-4-7-12/h7-8H,3-6H2,1-2H3,(H2,10,13). The average Bonchev–Trinajstić information content (AvgIpc) is 2.09. The molecular formula is C9H18N2O2. The molecule has 0 fully saturated rings. The van der Waals surface area contributed by atoms with Gasteiger partial charge in [0.1, 0.15) is 6.29 Å². The lowest BCUT2D eigenvalue weighted by molar-refractivity contribution is -0.123. The van der Waals surface area contributed by atoms with Crippen molar-refractivity contribution < 1.29 is 9.59 Å². The first-order valence-electron chi connectivity index (χ1n) is 4.56. The molecule has 0 saturated carbocycles. The summed E-state index contributed by atoms with van der Waals surface area (Å²) in [6.45, 7) is 2.60. The molecule has 0 aromatic rings. The van der Waals surface area contributed by atoms with Gasteiger partial charge in [-0.1, -0.05) is 13.3 Å². The number of carbonyl (C=O) groups excluding carboxylic acids is 2. The zero-order chi connectivity index (χ0) is 10.3.